The number of aliphatic hydroxyl groups is 2. The minimum atomic E-state index is -0.125. The van der Waals surface area contributed by atoms with Gasteiger partial charge in [-0.2, -0.15) is 0 Å². The van der Waals surface area contributed by atoms with Gasteiger partial charge in [-0.1, -0.05) is 0 Å². The first kappa shape index (κ1) is 22.4. The maximum atomic E-state index is 7.62. The molecular formula is C6H22N2O3. The lowest BCUT2D eigenvalue weighted by atomic mass is 10.8. The molecule has 0 aromatic heterocycles. The highest BCUT2D eigenvalue weighted by atomic mass is 16.5. The summed E-state index contributed by atoms with van der Waals surface area (Å²) < 4.78 is 4.83. The Hall–Kier alpha value is -0.200. The summed E-state index contributed by atoms with van der Waals surface area (Å²) in [5.74, 6) is 0. The monoisotopic (exact) mass is 170 g/mol. The van der Waals surface area contributed by atoms with E-state index in [0.29, 0.717) is 0 Å². The Morgan fingerprint density at radius 2 is 1.18 bits per heavy atom. The number of hydrogen-bond donors (Lipinski definition) is 4. The molecule has 0 radical (unpaired) electrons. The van der Waals surface area contributed by atoms with Crippen molar-refractivity contribution in [2.45, 2.75) is 13.8 Å². The minimum absolute atomic E-state index is 0. The third-order valence-electron chi connectivity index (χ3n) is 0.508. The van der Waals surface area contributed by atoms with Gasteiger partial charge in [0.1, 0.15) is 0 Å². The first-order valence-electron chi connectivity index (χ1n) is 3.12. The van der Waals surface area contributed by atoms with Gasteiger partial charge in [0, 0.05) is 13.2 Å². The van der Waals surface area contributed by atoms with Crippen LogP contribution in [-0.2, 0) is 4.74 Å². The first-order valence-corrected chi connectivity index (χ1v) is 3.12. The molecule has 0 saturated carbocycles. The molecule has 0 aliphatic rings. The molecule has 5 nitrogen and oxygen atoms in total. The molecule has 0 rings (SSSR count). The van der Waals surface area contributed by atoms with Gasteiger partial charge < -0.3 is 27.3 Å². The smallest absolute Gasteiger partial charge is 0.0662 e. The maximum Gasteiger partial charge on any atom is 0.0662 e. The van der Waals surface area contributed by atoms with Crippen molar-refractivity contribution in [3.63, 3.8) is 0 Å². The Bertz CT molecular complexity index is 35.0. The molecule has 0 aromatic rings. The average molecular weight is 170 g/mol. The largest absolute Gasteiger partial charge is 0.394 e. The number of hydrogen-bond acceptors (Lipinski definition) is 5. The van der Waals surface area contributed by atoms with Gasteiger partial charge >= 0.3 is 0 Å². The molecule has 0 spiro atoms. The summed E-state index contributed by atoms with van der Waals surface area (Å²) in [6.45, 7) is 5.42. The van der Waals surface area contributed by atoms with E-state index in [-0.39, 0.29) is 25.5 Å². The second-order valence-corrected chi connectivity index (χ2v) is 1.23. The normalized spacial score (nSPS) is 6.55. The molecule has 0 aliphatic heterocycles. The summed E-state index contributed by atoms with van der Waals surface area (Å²) in [5, 5.41) is 15.2. The van der Waals surface area contributed by atoms with Crippen molar-refractivity contribution in [3.8, 4) is 0 Å². The Balaban J connectivity index is -0.0000000383. The molecule has 0 atom stereocenters. The number of ether oxygens (including phenoxy) is 1. The fraction of sp³-hybridized carbons (Fsp3) is 1.00. The topological polar surface area (TPSA) is 120 Å². The first-order chi connectivity index (χ1) is 4.33. The highest BCUT2D eigenvalue weighted by Crippen LogP contribution is 1.64. The van der Waals surface area contributed by atoms with Crippen LogP contribution in [0.4, 0.5) is 0 Å². The van der Waals surface area contributed by atoms with Crippen molar-refractivity contribution in [1.82, 2.24) is 12.3 Å². The Morgan fingerprint density at radius 3 is 1.18 bits per heavy atom. The summed E-state index contributed by atoms with van der Waals surface area (Å²) >= 11 is 0. The lowest BCUT2D eigenvalue weighted by Gasteiger charge is -1.86. The van der Waals surface area contributed by atoms with E-state index in [4.69, 9.17) is 14.9 Å². The van der Waals surface area contributed by atoms with Gasteiger partial charge in [-0.05, 0) is 13.8 Å². The van der Waals surface area contributed by atoms with Crippen molar-refractivity contribution in [2.75, 3.05) is 26.4 Å². The van der Waals surface area contributed by atoms with Crippen LogP contribution in [0.1, 0.15) is 13.8 Å². The van der Waals surface area contributed by atoms with Gasteiger partial charge in [-0.25, -0.2) is 0 Å². The fourth-order valence-corrected chi connectivity index (χ4v) is 0.204. The minimum Gasteiger partial charge on any atom is -0.394 e. The highest BCUT2D eigenvalue weighted by Gasteiger charge is 1.64. The van der Waals surface area contributed by atoms with E-state index < -0.39 is 0 Å². The zero-order valence-corrected chi connectivity index (χ0v) is 7.55. The zero-order valence-electron chi connectivity index (χ0n) is 7.55. The third-order valence-corrected chi connectivity index (χ3v) is 0.508. The summed E-state index contributed by atoms with van der Waals surface area (Å²) in [5.41, 5.74) is 0. The van der Waals surface area contributed by atoms with Crippen LogP contribution < -0.4 is 12.3 Å². The summed E-state index contributed by atoms with van der Waals surface area (Å²) in [7, 11) is 0. The Labute approximate surface area is 68.5 Å². The lowest BCUT2D eigenvalue weighted by molar-refractivity contribution is 0.162. The highest BCUT2D eigenvalue weighted by molar-refractivity contribution is 4.07. The van der Waals surface area contributed by atoms with E-state index in [1.807, 2.05) is 13.8 Å². The molecule has 74 valence electrons. The van der Waals surface area contributed by atoms with Crippen LogP contribution >= 0.6 is 0 Å². The maximum absolute atomic E-state index is 7.62. The molecular weight excluding hydrogens is 148 g/mol. The standard InChI is InChI=1S/C4H10O.C2H6O2.2H3N/c1-3-5-4-2;3-1-2-4;;/h3-4H2,1-2H3;3-4H,1-2H2;2*1H3. The van der Waals surface area contributed by atoms with E-state index in [1.165, 1.54) is 0 Å². The zero-order chi connectivity index (χ0) is 7.54. The molecule has 5 heteroatoms. The molecule has 0 saturated heterocycles. The van der Waals surface area contributed by atoms with Gasteiger partial charge in [0.25, 0.3) is 0 Å². The molecule has 0 unspecified atom stereocenters. The molecule has 0 heterocycles. The Morgan fingerprint density at radius 1 is 0.909 bits per heavy atom. The van der Waals surface area contributed by atoms with Crippen LogP contribution in [0.2, 0.25) is 0 Å². The predicted molar refractivity (Wildman–Crippen MR) is 46.4 cm³/mol. The van der Waals surface area contributed by atoms with Crippen molar-refractivity contribution in [2.24, 2.45) is 0 Å². The van der Waals surface area contributed by atoms with E-state index in [1.54, 1.807) is 0 Å². The van der Waals surface area contributed by atoms with Crippen molar-refractivity contribution < 1.29 is 14.9 Å². The van der Waals surface area contributed by atoms with Crippen molar-refractivity contribution >= 4 is 0 Å². The van der Waals surface area contributed by atoms with Crippen LogP contribution in [0.15, 0.2) is 0 Å². The van der Waals surface area contributed by atoms with Gasteiger partial charge in [0.15, 0.2) is 0 Å². The second-order valence-electron chi connectivity index (χ2n) is 1.23. The summed E-state index contributed by atoms with van der Waals surface area (Å²) in [4.78, 5) is 0. The molecule has 0 amide bonds. The molecule has 11 heavy (non-hydrogen) atoms. The Kier molecular flexibility index (Phi) is 67.2. The third kappa shape index (κ3) is 76.1. The van der Waals surface area contributed by atoms with E-state index in [0.717, 1.165) is 13.2 Å². The summed E-state index contributed by atoms with van der Waals surface area (Å²) in [6, 6.07) is 0. The van der Waals surface area contributed by atoms with Gasteiger partial charge in [0.05, 0.1) is 13.2 Å². The molecule has 8 N–H and O–H groups in total. The van der Waals surface area contributed by atoms with Gasteiger partial charge in [-0.15, -0.1) is 0 Å². The van der Waals surface area contributed by atoms with Crippen LogP contribution in [-0.4, -0.2) is 36.6 Å². The van der Waals surface area contributed by atoms with Gasteiger partial charge in [-0.3, -0.25) is 0 Å². The van der Waals surface area contributed by atoms with Gasteiger partial charge in [0.2, 0.25) is 0 Å². The quantitative estimate of drug-likeness (QED) is 0.486. The summed E-state index contributed by atoms with van der Waals surface area (Å²) in [6.07, 6.45) is 0. The van der Waals surface area contributed by atoms with E-state index in [9.17, 15) is 0 Å². The average Bonchev–Trinajstić information content (AvgIpc) is 1.91. The van der Waals surface area contributed by atoms with Crippen LogP contribution in [0, 0.1) is 0 Å². The van der Waals surface area contributed by atoms with E-state index >= 15 is 0 Å². The molecule has 0 bridgehead atoms. The van der Waals surface area contributed by atoms with E-state index in [2.05, 4.69) is 0 Å². The van der Waals surface area contributed by atoms with Crippen LogP contribution in [0.3, 0.4) is 0 Å². The molecule has 0 aromatic carbocycles. The number of rotatable bonds is 3. The van der Waals surface area contributed by atoms with Crippen molar-refractivity contribution in [3.05, 3.63) is 0 Å². The van der Waals surface area contributed by atoms with Crippen LogP contribution in [0.5, 0.6) is 0 Å². The fourth-order valence-electron chi connectivity index (χ4n) is 0.204. The van der Waals surface area contributed by atoms with Crippen molar-refractivity contribution in [1.29, 1.82) is 0 Å². The molecule has 0 aliphatic carbocycles. The SMILES string of the molecule is CCOCC.N.N.OCCO. The molecule has 0 fully saturated rings. The predicted octanol–water partition coefficient (Wildman–Crippen LogP) is 0.338. The lowest BCUT2D eigenvalue weighted by Crippen LogP contribution is -1.85. The van der Waals surface area contributed by atoms with Crippen LogP contribution in [0.25, 0.3) is 0 Å². The number of aliphatic hydroxyl groups excluding tert-OH is 2. The second kappa shape index (κ2) is 32.9.